The Morgan fingerprint density at radius 2 is 1.85 bits per heavy atom. The number of benzene rings is 1. The monoisotopic (exact) mass is 484 g/mol. The van der Waals surface area contributed by atoms with Gasteiger partial charge in [-0.15, -0.1) is 0 Å². The number of hydrogen-bond acceptors (Lipinski definition) is 7. The summed E-state index contributed by atoms with van der Waals surface area (Å²) in [6.07, 6.45) is 0.0694. The van der Waals surface area contributed by atoms with E-state index < -0.39 is 40.4 Å². The predicted octanol–water partition coefficient (Wildman–Crippen LogP) is 2.84. The molecule has 0 fully saturated rings. The maximum Gasteiger partial charge on any atom is 0.328 e. The lowest BCUT2D eigenvalue weighted by Gasteiger charge is -2.30. The first kappa shape index (κ1) is 28.4. The number of halogens is 1. The van der Waals surface area contributed by atoms with Crippen LogP contribution in [-0.4, -0.2) is 52.9 Å². The van der Waals surface area contributed by atoms with Gasteiger partial charge in [-0.05, 0) is 38.8 Å². The molecule has 0 bridgehead atoms. The Balaban J connectivity index is 2.83. The van der Waals surface area contributed by atoms with Crippen LogP contribution in [0.25, 0.3) is 0 Å². The zero-order chi connectivity index (χ0) is 25.2. The van der Waals surface area contributed by atoms with Crippen molar-refractivity contribution in [3.63, 3.8) is 0 Å². The molecule has 1 aromatic carbocycles. The number of amides is 2. The molecular weight excluding hydrogens is 451 g/mol. The highest BCUT2D eigenvalue weighted by atomic mass is 32.2. The van der Waals surface area contributed by atoms with Gasteiger partial charge in [0.2, 0.25) is 11.8 Å². The fourth-order valence-electron chi connectivity index (χ4n) is 2.79. The molecule has 0 aliphatic heterocycles. The average Bonchev–Trinajstić information content (AvgIpc) is 2.70. The van der Waals surface area contributed by atoms with Gasteiger partial charge in [-0.1, -0.05) is 31.7 Å². The molecule has 10 heteroatoms. The molecule has 2 N–H and O–H groups in total. The molecule has 0 aromatic heterocycles. The predicted molar refractivity (Wildman–Crippen MR) is 124 cm³/mol. The van der Waals surface area contributed by atoms with Crippen LogP contribution in [-0.2, 0) is 23.9 Å². The Labute approximate surface area is 198 Å². The molecule has 0 spiro atoms. The lowest BCUT2D eigenvalue weighted by molar-refractivity contribution is -0.148. The minimum absolute atomic E-state index is 0.0185. The lowest BCUT2D eigenvalue weighted by atomic mass is 10.0. The van der Waals surface area contributed by atoms with Gasteiger partial charge in [0.25, 0.3) is 0 Å². The van der Waals surface area contributed by atoms with Crippen LogP contribution in [0.3, 0.4) is 0 Å². The fraction of sp³-hybridized carbons (Fsp3) is 0.565. The summed E-state index contributed by atoms with van der Waals surface area (Å²) in [6.45, 7) is 9.78. The summed E-state index contributed by atoms with van der Waals surface area (Å²) >= 11 is 0.904. The van der Waals surface area contributed by atoms with E-state index in [2.05, 4.69) is 10.6 Å². The number of ether oxygens (including phenoxy) is 2. The molecule has 0 aliphatic carbocycles. The van der Waals surface area contributed by atoms with Crippen molar-refractivity contribution in [2.45, 2.75) is 64.8 Å². The zero-order valence-corrected chi connectivity index (χ0v) is 20.7. The molecule has 0 radical (unpaired) electrons. The van der Waals surface area contributed by atoms with Crippen molar-refractivity contribution >= 4 is 34.7 Å². The lowest BCUT2D eigenvalue weighted by Crippen LogP contribution is -2.59. The molecule has 1 aromatic rings. The molecule has 0 saturated carbocycles. The quantitative estimate of drug-likeness (QED) is 0.439. The first-order chi connectivity index (χ1) is 15.4. The van der Waals surface area contributed by atoms with E-state index in [0.717, 1.165) is 11.8 Å². The van der Waals surface area contributed by atoms with E-state index in [1.165, 1.54) is 39.0 Å². The Bertz CT molecular complexity index is 846. The summed E-state index contributed by atoms with van der Waals surface area (Å²) in [7, 11) is 0. The highest BCUT2D eigenvalue weighted by molar-refractivity contribution is 8.14. The zero-order valence-electron chi connectivity index (χ0n) is 19.9. The topological polar surface area (TPSA) is 111 Å². The second-order valence-electron chi connectivity index (χ2n) is 8.26. The van der Waals surface area contributed by atoms with Crippen molar-refractivity contribution < 1.29 is 33.0 Å². The molecule has 0 aliphatic rings. The molecule has 0 heterocycles. The minimum Gasteiger partial charge on any atom is -0.493 e. The summed E-state index contributed by atoms with van der Waals surface area (Å²) < 4.78 is 23.8. The molecule has 2 amide bonds. The molecular formula is C23H33FN2O6S. The van der Waals surface area contributed by atoms with E-state index in [1.54, 1.807) is 13.0 Å². The fourth-order valence-corrected chi connectivity index (χ4v) is 3.58. The Morgan fingerprint density at radius 3 is 2.39 bits per heavy atom. The standard InChI is InChI=1S/C23H33FN2O6S/c1-7-31-21(29)18(11-12-32-17-10-8-9-16(24)13-17)25-22(30)23(5,6)26-20(28)19(14(2)3)33-15(4)27/h8-10,13-14,18-19H,7,11-12H2,1-6H3,(H,25,30)(H,26,28)/t18-,19-/m0/s1. The van der Waals surface area contributed by atoms with Crippen LogP contribution in [0.4, 0.5) is 4.39 Å². The van der Waals surface area contributed by atoms with Crippen LogP contribution in [0, 0.1) is 11.7 Å². The van der Waals surface area contributed by atoms with Crippen LogP contribution in [0.15, 0.2) is 24.3 Å². The number of thioether (sulfide) groups is 1. The number of rotatable bonds is 12. The van der Waals surface area contributed by atoms with Gasteiger partial charge >= 0.3 is 5.97 Å². The normalized spacial score (nSPS) is 13.1. The van der Waals surface area contributed by atoms with Crippen molar-refractivity contribution in [1.82, 2.24) is 10.6 Å². The highest BCUT2D eigenvalue weighted by Crippen LogP contribution is 2.21. The second-order valence-corrected chi connectivity index (χ2v) is 9.58. The van der Waals surface area contributed by atoms with Crippen molar-refractivity contribution in [1.29, 1.82) is 0 Å². The Hall–Kier alpha value is -2.62. The van der Waals surface area contributed by atoms with Crippen molar-refractivity contribution in [2.75, 3.05) is 13.2 Å². The van der Waals surface area contributed by atoms with Gasteiger partial charge in [0.15, 0.2) is 5.12 Å². The van der Waals surface area contributed by atoms with Crippen LogP contribution >= 0.6 is 11.8 Å². The molecule has 8 nitrogen and oxygen atoms in total. The van der Waals surface area contributed by atoms with Crippen LogP contribution in [0.2, 0.25) is 0 Å². The SMILES string of the molecule is CCOC(=O)[C@H](CCOc1cccc(F)c1)NC(=O)C(C)(C)NC(=O)[C@@H](SC(C)=O)C(C)C. The summed E-state index contributed by atoms with van der Waals surface area (Å²) in [5.74, 6) is -2.00. The Morgan fingerprint density at radius 1 is 1.18 bits per heavy atom. The van der Waals surface area contributed by atoms with Crippen molar-refractivity contribution in [3.8, 4) is 5.75 Å². The van der Waals surface area contributed by atoms with Crippen molar-refractivity contribution in [2.24, 2.45) is 5.92 Å². The van der Waals surface area contributed by atoms with Gasteiger partial charge in [-0.25, -0.2) is 9.18 Å². The summed E-state index contributed by atoms with van der Waals surface area (Å²) in [6, 6.07) is 4.53. The third kappa shape index (κ3) is 9.81. The first-order valence-electron chi connectivity index (χ1n) is 10.7. The van der Waals surface area contributed by atoms with E-state index in [9.17, 15) is 23.6 Å². The van der Waals surface area contributed by atoms with Gasteiger partial charge in [-0.3, -0.25) is 14.4 Å². The van der Waals surface area contributed by atoms with E-state index >= 15 is 0 Å². The first-order valence-corrected chi connectivity index (χ1v) is 11.6. The van der Waals surface area contributed by atoms with Crippen LogP contribution in [0.1, 0.15) is 48.0 Å². The molecule has 33 heavy (non-hydrogen) atoms. The number of hydrogen-bond donors (Lipinski definition) is 2. The molecule has 0 saturated heterocycles. The van der Waals surface area contributed by atoms with E-state index in [4.69, 9.17) is 9.47 Å². The maximum absolute atomic E-state index is 13.3. The molecule has 184 valence electrons. The van der Waals surface area contributed by atoms with Crippen molar-refractivity contribution in [3.05, 3.63) is 30.1 Å². The summed E-state index contributed by atoms with van der Waals surface area (Å²) in [4.78, 5) is 49.5. The summed E-state index contributed by atoms with van der Waals surface area (Å²) in [5.41, 5.74) is -1.37. The smallest absolute Gasteiger partial charge is 0.328 e. The second kappa shape index (κ2) is 13.2. The maximum atomic E-state index is 13.3. The van der Waals surface area contributed by atoms with Gasteiger partial charge in [0, 0.05) is 19.4 Å². The van der Waals surface area contributed by atoms with Crippen LogP contribution in [0.5, 0.6) is 5.75 Å². The van der Waals surface area contributed by atoms with E-state index in [1.807, 2.05) is 13.8 Å². The van der Waals surface area contributed by atoms with Crippen LogP contribution < -0.4 is 15.4 Å². The molecule has 0 unspecified atom stereocenters. The number of carbonyl (C=O) groups excluding carboxylic acids is 4. The van der Waals surface area contributed by atoms with Gasteiger partial charge in [0.05, 0.1) is 18.5 Å². The summed E-state index contributed by atoms with van der Waals surface area (Å²) in [5, 5.41) is 4.40. The van der Waals surface area contributed by atoms with Gasteiger partial charge < -0.3 is 20.1 Å². The van der Waals surface area contributed by atoms with Gasteiger partial charge in [-0.2, -0.15) is 0 Å². The number of carbonyl (C=O) groups is 4. The van der Waals surface area contributed by atoms with Gasteiger partial charge in [0.1, 0.15) is 23.1 Å². The third-order valence-corrected chi connectivity index (χ3v) is 5.85. The van der Waals surface area contributed by atoms with E-state index in [0.29, 0.717) is 5.75 Å². The average molecular weight is 485 g/mol. The Kier molecular flexibility index (Phi) is 11.3. The number of esters is 1. The molecule has 1 rings (SSSR count). The largest absolute Gasteiger partial charge is 0.493 e. The highest BCUT2D eigenvalue weighted by Gasteiger charge is 2.36. The van der Waals surface area contributed by atoms with E-state index in [-0.39, 0.29) is 30.7 Å². The number of nitrogens with one attached hydrogen (secondary N) is 2. The molecule has 2 atom stereocenters. The minimum atomic E-state index is -1.37. The third-order valence-electron chi connectivity index (χ3n) is 4.51.